The maximum Gasteiger partial charge on any atom is 0.126 e. The lowest BCUT2D eigenvalue weighted by Gasteiger charge is -2.11. The molecule has 0 bridgehead atoms. The highest BCUT2D eigenvalue weighted by atomic mass is 16.5. The first-order valence-electron chi connectivity index (χ1n) is 6.81. The molecule has 20 heavy (non-hydrogen) atoms. The summed E-state index contributed by atoms with van der Waals surface area (Å²) in [6.07, 6.45) is 0. The van der Waals surface area contributed by atoms with E-state index in [0.29, 0.717) is 18.2 Å². The lowest BCUT2D eigenvalue weighted by Crippen LogP contribution is -2.04. The van der Waals surface area contributed by atoms with Crippen LogP contribution < -0.4 is 10.5 Å². The van der Waals surface area contributed by atoms with E-state index in [1.165, 1.54) is 0 Å². The number of benzene rings is 1. The molecule has 1 aromatic carbocycles. The molecule has 0 radical (unpaired) electrons. The van der Waals surface area contributed by atoms with Crippen LogP contribution in [0.2, 0.25) is 0 Å². The summed E-state index contributed by atoms with van der Waals surface area (Å²) in [6.45, 7) is 8.74. The monoisotopic (exact) mass is 271 g/mol. The van der Waals surface area contributed by atoms with Crippen molar-refractivity contribution < 1.29 is 4.74 Å². The van der Waals surface area contributed by atoms with Gasteiger partial charge in [-0.15, -0.1) is 0 Å². The SMILES string of the molecule is Cc1nc(C)c(N)c(-c2ccc(OCC(C)C)cc2)n1. The van der Waals surface area contributed by atoms with E-state index in [1.54, 1.807) is 0 Å². The molecule has 0 fully saturated rings. The van der Waals surface area contributed by atoms with Crippen molar-refractivity contribution in [2.75, 3.05) is 12.3 Å². The van der Waals surface area contributed by atoms with Crippen LogP contribution in [0.1, 0.15) is 25.4 Å². The minimum Gasteiger partial charge on any atom is -0.493 e. The Bertz CT molecular complexity index is 591. The van der Waals surface area contributed by atoms with E-state index in [4.69, 9.17) is 10.5 Å². The Balaban J connectivity index is 2.26. The molecule has 2 aromatic rings. The molecule has 0 aliphatic rings. The van der Waals surface area contributed by atoms with E-state index >= 15 is 0 Å². The highest BCUT2D eigenvalue weighted by Gasteiger charge is 2.09. The van der Waals surface area contributed by atoms with E-state index in [2.05, 4.69) is 23.8 Å². The average molecular weight is 271 g/mol. The van der Waals surface area contributed by atoms with Crippen LogP contribution in [0.15, 0.2) is 24.3 Å². The zero-order valence-electron chi connectivity index (χ0n) is 12.5. The molecule has 1 aromatic heterocycles. The molecule has 106 valence electrons. The third-order valence-electron chi connectivity index (χ3n) is 2.96. The van der Waals surface area contributed by atoms with Crippen molar-refractivity contribution in [3.63, 3.8) is 0 Å². The maximum absolute atomic E-state index is 6.06. The van der Waals surface area contributed by atoms with Crippen LogP contribution in [-0.2, 0) is 0 Å². The van der Waals surface area contributed by atoms with Crippen molar-refractivity contribution in [1.82, 2.24) is 9.97 Å². The zero-order chi connectivity index (χ0) is 14.7. The summed E-state index contributed by atoms with van der Waals surface area (Å²) in [6, 6.07) is 7.86. The Morgan fingerprint density at radius 2 is 1.75 bits per heavy atom. The summed E-state index contributed by atoms with van der Waals surface area (Å²) >= 11 is 0. The Labute approximate surface area is 120 Å². The van der Waals surface area contributed by atoms with Gasteiger partial charge in [-0.2, -0.15) is 0 Å². The van der Waals surface area contributed by atoms with E-state index in [9.17, 15) is 0 Å². The number of ether oxygens (including phenoxy) is 1. The molecule has 0 saturated heterocycles. The van der Waals surface area contributed by atoms with Crippen molar-refractivity contribution in [3.8, 4) is 17.0 Å². The van der Waals surface area contributed by atoms with Crippen LogP contribution in [0.5, 0.6) is 5.75 Å². The first-order valence-corrected chi connectivity index (χ1v) is 6.81. The molecule has 0 unspecified atom stereocenters. The number of aromatic nitrogens is 2. The number of aryl methyl sites for hydroxylation is 2. The van der Waals surface area contributed by atoms with Crippen molar-refractivity contribution in [3.05, 3.63) is 35.8 Å². The largest absolute Gasteiger partial charge is 0.493 e. The van der Waals surface area contributed by atoms with Gasteiger partial charge in [-0.25, -0.2) is 9.97 Å². The van der Waals surface area contributed by atoms with Crippen molar-refractivity contribution in [1.29, 1.82) is 0 Å². The van der Waals surface area contributed by atoms with Crippen LogP contribution in [-0.4, -0.2) is 16.6 Å². The summed E-state index contributed by atoms with van der Waals surface area (Å²) in [7, 11) is 0. The molecule has 0 amide bonds. The maximum atomic E-state index is 6.06. The number of rotatable bonds is 4. The van der Waals surface area contributed by atoms with Crippen molar-refractivity contribution in [2.45, 2.75) is 27.7 Å². The van der Waals surface area contributed by atoms with Gasteiger partial charge >= 0.3 is 0 Å². The van der Waals surface area contributed by atoms with Gasteiger partial charge in [0, 0.05) is 5.56 Å². The van der Waals surface area contributed by atoms with Crippen LogP contribution in [0.4, 0.5) is 5.69 Å². The number of nitrogens with two attached hydrogens (primary N) is 1. The molecule has 0 spiro atoms. The first-order chi connectivity index (χ1) is 9.47. The second kappa shape index (κ2) is 5.90. The van der Waals surface area contributed by atoms with Gasteiger partial charge in [0.2, 0.25) is 0 Å². The lowest BCUT2D eigenvalue weighted by atomic mass is 10.1. The lowest BCUT2D eigenvalue weighted by molar-refractivity contribution is 0.271. The van der Waals surface area contributed by atoms with Crippen LogP contribution in [0.3, 0.4) is 0 Å². The van der Waals surface area contributed by atoms with Gasteiger partial charge in [0.25, 0.3) is 0 Å². The van der Waals surface area contributed by atoms with Crippen LogP contribution in [0, 0.1) is 19.8 Å². The van der Waals surface area contributed by atoms with E-state index in [0.717, 1.165) is 28.5 Å². The number of nitrogens with zero attached hydrogens (tertiary/aromatic N) is 2. The fourth-order valence-corrected chi connectivity index (χ4v) is 1.91. The van der Waals surface area contributed by atoms with Gasteiger partial charge in [0.1, 0.15) is 11.6 Å². The second-order valence-corrected chi connectivity index (χ2v) is 5.35. The molecule has 0 atom stereocenters. The van der Waals surface area contributed by atoms with E-state index in [-0.39, 0.29) is 0 Å². The predicted octanol–water partition coefficient (Wildman–Crippen LogP) is 3.38. The van der Waals surface area contributed by atoms with Crippen molar-refractivity contribution >= 4 is 5.69 Å². The molecule has 2 N–H and O–H groups in total. The van der Waals surface area contributed by atoms with Crippen LogP contribution in [0.25, 0.3) is 11.3 Å². The summed E-state index contributed by atoms with van der Waals surface area (Å²) in [4.78, 5) is 8.70. The number of anilines is 1. The van der Waals surface area contributed by atoms with E-state index < -0.39 is 0 Å². The van der Waals surface area contributed by atoms with Gasteiger partial charge in [0.15, 0.2) is 0 Å². The normalized spacial score (nSPS) is 10.8. The molecule has 4 heteroatoms. The molecule has 1 heterocycles. The first kappa shape index (κ1) is 14.3. The molecule has 2 rings (SSSR count). The summed E-state index contributed by atoms with van der Waals surface area (Å²) < 4.78 is 5.67. The second-order valence-electron chi connectivity index (χ2n) is 5.35. The topological polar surface area (TPSA) is 61.0 Å². The van der Waals surface area contributed by atoms with E-state index in [1.807, 2.05) is 38.1 Å². The Hall–Kier alpha value is -2.10. The minimum atomic E-state index is 0.512. The molecular formula is C16H21N3O. The Morgan fingerprint density at radius 1 is 1.10 bits per heavy atom. The van der Waals surface area contributed by atoms with Crippen molar-refractivity contribution in [2.24, 2.45) is 5.92 Å². The van der Waals surface area contributed by atoms with Gasteiger partial charge in [0.05, 0.1) is 23.7 Å². The molecule has 0 aliphatic heterocycles. The molecule has 0 aliphatic carbocycles. The predicted molar refractivity (Wildman–Crippen MR) is 81.7 cm³/mol. The number of hydrogen-bond donors (Lipinski definition) is 1. The summed E-state index contributed by atoms with van der Waals surface area (Å²) in [5, 5.41) is 0. The Kier molecular flexibility index (Phi) is 4.23. The fourth-order valence-electron chi connectivity index (χ4n) is 1.91. The highest BCUT2D eigenvalue weighted by Crippen LogP contribution is 2.27. The summed E-state index contributed by atoms with van der Waals surface area (Å²) in [5.41, 5.74) is 9.27. The molecule has 0 saturated carbocycles. The third kappa shape index (κ3) is 3.26. The highest BCUT2D eigenvalue weighted by molar-refractivity contribution is 5.74. The number of nitrogen functional groups attached to an aromatic ring is 1. The van der Waals surface area contributed by atoms with Gasteiger partial charge in [-0.1, -0.05) is 13.8 Å². The average Bonchev–Trinajstić information content (AvgIpc) is 2.41. The van der Waals surface area contributed by atoms with Gasteiger partial charge in [-0.3, -0.25) is 0 Å². The molecule has 4 nitrogen and oxygen atoms in total. The fraction of sp³-hybridized carbons (Fsp3) is 0.375. The smallest absolute Gasteiger partial charge is 0.126 e. The molecular weight excluding hydrogens is 250 g/mol. The summed E-state index contributed by atoms with van der Waals surface area (Å²) in [5.74, 6) is 2.10. The van der Waals surface area contributed by atoms with Crippen LogP contribution >= 0.6 is 0 Å². The standard InChI is InChI=1S/C16H21N3O/c1-10(2)9-20-14-7-5-13(6-8-14)16-15(17)11(3)18-12(4)19-16/h5-8,10H,9,17H2,1-4H3. The quantitative estimate of drug-likeness (QED) is 0.926. The third-order valence-corrected chi connectivity index (χ3v) is 2.96. The Morgan fingerprint density at radius 3 is 2.35 bits per heavy atom. The van der Waals surface area contributed by atoms with Gasteiger partial charge < -0.3 is 10.5 Å². The zero-order valence-corrected chi connectivity index (χ0v) is 12.5. The number of hydrogen-bond acceptors (Lipinski definition) is 4. The minimum absolute atomic E-state index is 0.512. The van der Waals surface area contributed by atoms with Gasteiger partial charge in [-0.05, 0) is 44.0 Å².